The van der Waals surface area contributed by atoms with Crippen LogP contribution in [0.1, 0.15) is 46.0 Å². The number of morpholine rings is 1. The van der Waals surface area contributed by atoms with Gasteiger partial charge in [0.25, 0.3) is 0 Å². The van der Waals surface area contributed by atoms with Crippen molar-refractivity contribution in [2.24, 2.45) is 5.73 Å². The first-order chi connectivity index (χ1) is 8.17. The summed E-state index contributed by atoms with van der Waals surface area (Å²) in [6.45, 7) is 6.04. The Morgan fingerprint density at radius 2 is 2.12 bits per heavy atom. The van der Waals surface area contributed by atoms with E-state index in [1.165, 1.54) is 12.8 Å². The second-order valence-corrected chi connectivity index (χ2v) is 4.91. The van der Waals surface area contributed by atoms with Gasteiger partial charge in [-0.25, -0.2) is 0 Å². The third-order valence-corrected chi connectivity index (χ3v) is 3.19. The molecule has 100 valence electrons. The summed E-state index contributed by atoms with van der Waals surface area (Å²) in [6, 6.07) is 0. The number of rotatable bonds is 6. The molecule has 0 saturated carbocycles. The fraction of sp³-hybridized carbons (Fsp3) is 0.923. The summed E-state index contributed by atoms with van der Waals surface area (Å²) < 4.78 is 5.64. The van der Waals surface area contributed by atoms with Crippen LogP contribution in [0.25, 0.3) is 0 Å². The predicted molar refractivity (Wildman–Crippen MR) is 68.7 cm³/mol. The van der Waals surface area contributed by atoms with E-state index in [0.29, 0.717) is 26.1 Å². The van der Waals surface area contributed by atoms with Gasteiger partial charge >= 0.3 is 0 Å². The Balaban J connectivity index is 2.29. The van der Waals surface area contributed by atoms with Crippen molar-refractivity contribution in [3.05, 3.63) is 0 Å². The molecule has 1 rings (SSSR count). The summed E-state index contributed by atoms with van der Waals surface area (Å²) in [6.07, 6.45) is 5.38. The lowest BCUT2D eigenvalue weighted by Crippen LogP contribution is -2.51. The zero-order chi connectivity index (χ0) is 12.7. The number of hydrogen-bond acceptors (Lipinski definition) is 3. The van der Waals surface area contributed by atoms with E-state index in [-0.39, 0.29) is 18.1 Å². The largest absolute Gasteiger partial charge is 0.370 e. The van der Waals surface area contributed by atoms with Crippen LogP contribution in [0.15, 0.2) is 0 Å². The highest BCUT2D eigenvalue weighted by atomic mass is 16.5. The highest BCUT2D eigenvalue weighted by Crippen LogP contribution is 2.13. The number of carbonyl (C=O) groups is 1. The van der Waals surface area contributed by atoms with Crippen molar-refractivity contribution in [2.75, 3.05) is 19.6 Å². The summed E-state index contributed by atoms with van der Waals surface area (Å²) in [4.78, 5) is 13.9. The number of carbonyl (C=O) groups excluding carboxylic acids is 1. The molecule has 1 amide bonds. The number of nitrogens with zero attached hydrogens (tertiary/aromatic N) is 1. The zero-order valence-corrected chi connectivity index (χ0v) is 11.2. The smallest absolute Gasteiger partial charge is 0.222 e. The molecule has 0 aromatic heterocycles. The maximum absolute atomic E-state index is 12.0. The summed E-state index contributed by atoms with van der Waals surface area (Å²) in [7, 11) is 0. The maximum Gasteiger partial charge on any atom is 0.222 e. The molecule has 0 spiro atoms. The molecule has 1 heterocycles. The van der Waals surface area contributed by atoms with Gasteiger partial charge in [0.05, 0.1) is 12.2 Å². The van der Waals surface area contributed by atoms with Crippen LogP contribution in [0.4, 0.5) is 0 Å². The van der Waals surface area contributed by atoms with Gasteiger partial charge in [0.1, 0.15) is 0 Å². The minimum Gasteiger partial charge on any atom is -0.370 e. The molecule has 2 atom stereocenters. The average molecular weight is 242 g/mol. The predicted octanol–water partition coefficient (Wildman–Crippen LogP) is 1.53. The molecule has 2 N–H and O–H groups in total. The summed E-state index contributed by atoms with van der Waals surface area (Å²) in [5, 5.41) is 0. The van der Waals surface area contributed by atoms with Gasteiger partial charge in [-0.05, 0) is 13.3 Å². The van der Waals surface area contributed by atoms with Crippen LogP contribution >= 0.6 is 0 Å². The highest BCUT2D eigenvalue weighted by Gasteiger charge is 2.26. The van der Waals surface area contributed by atoms with Gasteiger partial charge in [-0.15, -0.1) is 0 Å². The van der Waals surface area contributed by atoms with Crippen molar-refractivity contribution < 1.29 is 9.53 Å². The molecule has 2 unspecified atom stereocenters. The number of nitrogens with two attached hydrogens (primary N) is 1. The zero-order valence-electron chi connectivity index (χ0n) is 11.2. The van der Waals surface area contributed by atoms with Crippen LogP contribution in [0.3, 0.4) is 0 Å². The second-order valence-electron chi connectivity index (χ2n) is 4.91. The van der Waals surface area contributed by atoms with Gasteiger partial charge in [0.2, 0.25) is 5.91 Å². The van der Waals surface area contributed by atoms with E-state index in [1.54, 1.807) is 0 Å². The van der Waals surface area contributed by atoms with Crippen LogP contribution in [-0.2, 0) is 9.53 Å². The SMILES string of the molecule is CCCCCCC(=O)N1CC(C)OC(CN)C1. The second kappa shape index (κ2) is 7.67. The minimum absolute atomic E-state index is 0.0124. The van der Waals surface area contributed by atoms with Gasteiger partial charge < -0.3 is 15.4 Å². The first kappa shape index (κ1) is 14.5. The fourth-order valence-corrected chi connectivity index (χ4v) is 2.24. The van der Waals surface area contributed by atoms with Crippen LogP contribution in [0, 0.1) is 0 Å². The van der Waals surface area contributed by atoms with E-state index in [1.807, 2.05) is 11.8 Å². The molecule has 0 bridgehead atoms. The first-order valence-corrected chi connectivity index (χ1v) is 6.80. The Hall–Kier alpha value is -0.610. The van der Waals surface area contributed by atoms with Crippen molar-refractivity contribution in [1.29, 1.82) is 0 Å². The highest BCUT2D eigenvalue weighted by molar-refractivity contribution is 5.76. The maximum atomic E-state index is 12.0. The van der Waals surface area contributed by atoms with Gasteiger partial charge in [-0.1, -0.05) is 26.2 Å². The summed E-state index contributed by atoms with van der Waals surface area (Å²) >= 11 is 0. The average Bonchev–Trinajstić information content (AvgIpc) is 2.33. The minimum atomic E-state index is 0.0124. The van der Waals surface area contributed by atoms with Gasteiger partial charge in [-0.2, -0.15) is 0 Å². The molecular weight excluding hydrogens is 216 g/mol. The third kappa shape index (κ3) is 5.04. The third-order valence-electron chi connectivity index (χ3n) is 3.19. The van der Waals surface area contributed by atoms with Crippen molar-refractivity contribution in [3.63, 3.8) is 0 Å². The molecule has 1 saturated heterocycles. The number of unbranched alkanes of at least 4 members (excludes halogenated alkanes) is 3. The lowest BCUT2D eigenvalue weighted by Gasteiger charge is -2.36. The molecule has 0 aromatic carbocycles. The van der Waals surface area contributed by atoms with Gasteiger partial charge in [-0.3, -0.25) is 4.79 Å². The van der Waals surface area contributed by atoms with E-state index in [9.17, 15) is 4.79 Å². The first-order valence-electron chi connectivity index (χ1n) is 6.80. The number of hydrogen-bond donors (Lipinski definition) is 1. The molecule has 17 heavy (non-hydrogen) atoms. The van der Waals surface area contributed by atoms with E-state index < -0.39 is 0 Å². The Morgan fingerprint density at radius 1 is 1.35 bits per heavy atom. The Kier molecular flexibility index (Phi) is 6.52. The number of ether oxygens (including phenoxy) is 1. The normalized spacial score (nSPS) is 25.0. The molecule has 4 nitrogen and oxygen atoms in total. The topological polar surface area (TPSA) is 55.6 Å². The Morgan fingerprint density at radius 3 is 2.76 bits per heavy atom. The van der Waals surface area contributed by atoms with Crippen molar-refractivity contribution >= 4 is 5.91 Å². The molecule has 1 aliphatic rings. The van der Waals surface area contributed by atoms with Crippen molar-refractivity contribution in [2.45, 2.75) is 58.2 Å². The quantitative estimate of drug-likeness (QED) is 0.719. The monoisotopic (exact) mass is 242 g/mol. The van der Waals surface area contributed by atoms with Gasteiger partial charge in [0.15, 0.2) is 0 Å². The molecule has 0 aromatic rings. The summed E-state index contributed by atoms with van der Waals surface area (Å²) in [5.41, 5.74) is 5.60. The van der Waals surface area contributed by atoms with E-state index in [0.717, 1.165) is 12.8 Å². The molecule has 0 radical (unpaired) electrons. The molecule has 1 fully saturated rings. The van der Waals surface area contributed by atoms with Crippen LogP contribution < -0.4 is 5.73 Å². The molecular formula is C13H26N2O2. The Labute approximate surface area is 104 Å². The van der Waals surface area contributed by atoms with Crippen LogP contribution in [0.5, 0.6) is 0 Å². The Bertz CT molecular complexity index is 233. The lowest BCUT2D eigenvalue weighted by atomic mass is 10.1. The molecule has 1 aliphatic heterocycles. The van der Waals surface area contributed by atoms with Gasteiger partial charge in [0, 0.05) is 26.1 Å². The van der Waals surface area contributed by atoms with E-state index in [4.69, 9.17) is 10.5 Å². The number of amides is 1. The molecule has 0 aliphatic carbocycles. The van der Waals surface area contributed by atoms with Crippen molar-refractivity contribution in [3.8, 4) is 0 Å². The standard InChI is InChI=1S/C13H26N2O2/c1-3-4-5-6-7-13(16)15-9-11(2)17-12(8-14)10-15/h11-12H,3-10,14H2,1-2H3. The fourth-order valence-electron chi connectivity index (χ4n) is 2.24. The van der Waals surface area contributed by atoms with Crippen molar-refractivity contribution in [1.82, 2.24) is 4.90 Å². The van der Waals surface area contributed by atoms with Crippen LogP contribution in [0.2, 0.25) is 0 Å². The lowest BCUT2D eigenvalue weighted by molar-refractivity contribution is -0.143. The van der Waals surface area contributed by atoms with Crippen LogP contribution in [-0.4, -0.2) is 42.6 Å². The molecule has 4 heteroatoms. The van der Waals surface area contributed by atoms with E-state index in [2.05, 4.69) is 6.92 Å². The summed E-state index contributed by atoms with van der Waals surface area (Å²) in [5.74, 6) is 0.259. The van der Waals surface area contributed by atoms with E-state index >= 15 is 0 Å².